The first-order valence-corrected chi connectivity index (χ1v) is 4.34. The van der Waals surface area contributed by atoms with Crippen molar-refractivity contribution in [3.8, 4) is 0 Å². The Morgan fingerprint density at radius 3 is 2.80 bits per heavy atom. The van der Waals surface area contributed by atoms with Crippen molar-refractivity contribution in [3.05, 3.63) is 23.9 Å². The van der Waals surface area contributed by atoms with E-state index in [1.165, 1.54) is 12.2 Å². The van der Waals surface area contributed by atoms with Crippen molar-refractivity contribution in [1.29, 1.82) is 0 Å². The third-order valence-corrected chi connectivity index (χ3v) is 2.70. The van der Waals surface area contributed by atoms with E-state index < -0.39 is 23.6 Å². The molecule has 82 valence electrons. The van der Waals surface area contributed by atoms with Gasteiger partial charge in [0.25, 0.3) is 5.91 Å². The summed E-state index contributed by atoms with van der Waals surface area (Å²) in [5.74, 6) is -2.63. The fraction of sp³-hybridized carbons (Fsp3) is 0.444. The number of amides is 1. The first-order valence-electron chi connectivity index (χ1n) is 4.34. The molecular weight excluding hydrogens is 211 g/mol. The first kappa shape index (κ1) is 10.2. The largest absolute Gasteiger partial charge is 0.427 e. The Balaban J connectivity index is 2.46. The van der Waals surface area contributed by atoms with E-state index in [9.17, 15) is 23.1 Å². The van der Waals surface area contributed by atoms with Crippen molar-refractivity contribution < 1.29 is 23.1 Å². The molecule has 6 heteroatoms. The summed E-state index contributed by atoms with van der Waals surface area (Å²) in [6.07, 6.45) is -0.543. The van der Waals surface area contributed by atoms with Crippen molar-refractivity contribution in [3.63, 3.8) is 0 Å². The number of carbonyl (C=O) groups excluding carboxylic acids is 1. The van der Waals surface area contributed by atoms with Gasteiger partial charge < -0.3 is 10.4 Å². The minimum Gasteiger partial charge on any atom is -0.372 e. The zero-order valence-electron chi connectivity index (χ0n) is 7.51. The van der Waals surface area contributed by atoms with Crippen molar-refractivity contribution in [1.82, 2.24) is 5.32 Å². The predicted molar refractivity (Wildman–Crippen MR) is 44.5 cm³/mol. The van der Waals surface area contributed by atoms with Crippen LogP contribution in [-0.2, 0) is 4.79 Å². The standard InChI is InChI=1S/C9H8F3NO2/c10-9(11,12)8(15)5-3-1-2-4-6(5)13-7(8)14/h1-2,4-5,15H,3H2,(H,13,14). The second-order valence-electron chi connectivity index (χ2n) is 3.56. The minimum absolute atomic E-state index is 0.000579. The Bertz CT molecular complexity index is 372. The molecule has 2 N–H and O–H groups in total. The van der Waals surface area contributed by atoms with E-state index in [-0.39, 0.29) is 12.1 Å². The number of nitrogens with one attached hydrogen (secondary N) is 1. The van der Waals surface area contributed by atoms with E-state index in [1.807, 2.05) is 0 Å². The second-order valence-corrected chi connectivity index (χ2v) is 3.56. The zero-order chi connectivity index (χ0) is 11.3. The summed E-state index contributed by atoms with van der Waals surface area (Å²) in [5.41, 5.74) is -3.16. The molecule has 15 heavy (non-hydrogen) atoms. The number of rotatable bonds is 0. The lowest BCUT2D eigenvalue weighted by molar-refractivity contribution is -0.258. The van der Waals surface area contributed by atoms with Gasteiger partial charge in [-0.05, 0) is 12.5 Å². The molecule has 2 unspecified atom stereocenters. The highest BCUT2D eigenvalue weighted by molar-refractivity contribution is 5.91. The van der Waals surface area contributed by atoms with E-state index in [0.29, 0.717) is 0 Å². The van der Waals surface area contributed by atoms with Crippen molar-refractivity contribution in [2.45, 2.75) is 18.2 Å². The van der Waals surface area contributed by atoms with Gasteiger partial charge in [0.15, 0.2) is 0 Å². The Kier molecular flexibility index (Phi) is 1.94. The van der Waals surface area contributed by atoms with Crippen molar-refractivity contribution >= 4 is 5.91 Å². The van der Waals surface area contributed by atoms with Crippen LogP contribution in [0.3, 0.4) is 0 Å². The van der Waals surface area contributed by atoms with Gasteiger partial charge >= 0.3 is 6.18 Å². The summed E-state index contributed by atoms with van der Waals surface area (Å²) in [4.78, 5) is 11.2. The molecule has 0 aromatic heterocycles. The normalized spacial score (nSPS) is 34.8. The SMILES string of the molecule is O=C1NC2=CC=CCC2C1(O)C(F)(F)F. The lowest BCUT2D eigenvalue weighted by atomic mass is 9.83. The van der Waals surface area contributed by atoms with Gasteiger partial charge in [0.2, 0.25) is 5.60 Å². The number of alkyl halides is 3. The van der Waals surface area contributed by atoms with Crippen LogP contribution in [0.1, 0.15) is 6.42 Å². The van der Waals surface area contributed by atoms with E-state index in [1.54, 1.807) is 6.08 Å². The maximum atomic E-state index is 12.6. The van der Waals surface area contributed by atoms with Gasteiger partial charge in [0.1, 0.15) is 0 Å². The molecule has 2 aliphatic rings. The van der Waals surface area contributed by atoms with Crippen LogP contribution < -0.4 is 5.32 Å². The lowest BCUT2D eigenvalue weighted by Crippen LogP contribution is -2.54. The lowest BCUT2D eigenvalue weighted by Gasteiger charge is -2.29. The molecule has 2 atom stereocenters. The highest BCUT2D eigenvalue weighted by Crippen LogP contribution is 2.45. The summed E-state index contributed by atoms with van der Waals surface area (Å²) in [7, 11) is 0. The van der Waals surface area contributed by atoms with Gasteiger partial charge in [-0.1, -0.05) is 12.2 Å². The molecule has 0 spiro atoms. The summed E-state index contributed by atoms with van der Waals surface area (Å²) in [5, 5.41) is 11.5. The van der Waals surface area contributed by atoms with Gasteiger partial charge in [0.05, 0.1) is 0 Å². The van der Waals surface area contributed by atoms with Gasteiger partial charge in [0, 0.05) is 11.6 Å². The van der Waals surface area contributed by atoms with Crippen LogP contribution in [0.5, 0.6) is 0 Å². The second kappa shape index (κ2) is 2.85. The molecule has 0 bridgehead atoms. The highest BCUT2D eigenvalue weighted by atomic mass is 19.4. The summed E-state index contributed by atoms with van der Waals surface area (Å²) >= 11 is 0. The molecule has 3 nitrogen and oxygen atoms in total. The molecule has 1 saturated heterocycles. The molecule has 1 amide bonds. The monoisotopic (exact) mass is 219 g/mol. The smallest absolute Gasteiger partial charge is 0.372 e. The van der Waals surface area contributed by atoms with Crippen LogP contribution in [-0.4, -0.2) is 22.8 Å². The van der Waals surface area contributed by atoms with Crippen LogP contribution in [0.4, 0.5) is 13.2 Å². The molecule has 1 fully saturated rings. The Labute approximate surface area is 83.3 Å². The number of hydrogen-bond donors (Lipinski definition) is 2. The fourth-order valence-electron chi connectivity index (χ4n) is 1.86. The maximum Gasteiger partial charge on any atom is 0.427 e. The predicted octanol–water partition coefficient (Wildman–Crippen LogP) is 0.870. The number of hydrogen-bond acceptors (Lipinski definition) is 2. The molecule has 0 saturated carbocycles. The van der Waals surface area contributed by atoms with Crippen molar-refractivity contribution in [2.24, 2.45) is 5.92 Å². The minimum atomic E-state index is -4.96. The average molecular weight is 219 g/mol. The summed E-state index contributed by atoms with van der Waals surface area (Å²) < 4.78 is 37.8. The molecule has 0 radical (unpaired) electrons. The third kappa shape index (κ3) is 1.21. The number of aliphatic hydroxyl groups is 1. The molecule has 1 heterocycles. The van der Waals surface area contributed by atoms with Gasteiger partial charge in [-0.3, -0.25) is 4.79 Å². The van der Waals surface area contributed by atoms with Crippen LogP contribution in [0.2, 0.25) is 0 Å². The fourth-order valence-corrected chi connectivity index (χ4v) is 1.86. The quantitative estimate of drug-likeness (QED) is 0.635. The first-order chi connectivity index (χ1) is 6.87. The van der Waals surface area contributed by atoms with Crippen LogP contribution in [0.25, 0.3) is 0 Å². The maximum absolute atomic E-state index is 12.6. The number of carbonyl (C=O) groups is 1. The van der Waals surface area contributed by atoms with E-state index >= 15 is 0 Å². The van der Waals surface area contributed by atoms with Gasteiger partial charge in [-0.15, -0.1) is 0 Å². The Hall–Kier alpha value is -1.30. The topological polar surface area (TPSA) is 49.3 Å². The molecule has 2 rings (SSSR count). The van der Waals surface area contributed by atoms with Crippen LogP contribution >= 0.6 is 0 Å². The zero-order valence-corrected chi connectivity index (χ0v) is 7.51. The Morgan fingerprint density at radius 1 is 1.53 bits per heavy atom. The molecular formula is C9H8F3NO2. The van der Waals surface area contributed by atoms with E-state index in [4.69, 9.17) is 0 Å². The van der Waals surface area contributed by atoms with Crippen LogP contribution in [0.15, 0.2) is 23.9 Å². The van der Waals surface area contributed by atoms with Crippen LogP contribution in [0, 0.1) is 5.92 Å². The summed E-state index contributed by atoms with van der Waals surface area (Å²) in [6.45, 7) is 0. The van der Waals surface area contributed by atoms with E-state index in [0.717, 1.165) is 0 Å². The molecule has 1 aliphatic heterocycles. The highest BCUT2D eigenvalue weighted by Gasteiger charge is 2.68. The Morgan fingerprint density at radius 2 is 2.20 bits per heavy atom. The van der Waals surface area contributed by atoms with E-state index in [2.05, 4.69) is 5.32 Å². The molecule has 1 aliphatic carbocycles. The van der Waals surface area contributed by atoms with Gasteiger partial charge in [-0.2, -0.15) is 13.2 Å². The number of allylic oxidation sites excluding steroid dienone is 3. The van der Waals surface area contributed by atoms with Gasteiger partial charge in [-0.25, -0.2) is 0 Å². The molecule has 0 aromatic carbocycles. The summed E-state index contributed by atoms with van der Waals surface area (Å²) in [6, 6.07) is 0. The molecule has 0 aromatic rings. The van der Waals surface area contributed by atoms with Crippen molar-refractivity contribution in [2.75, 3.05) is 0 Å². The average Bonchev–Trinajstić information content (AvgIpc) is 2.40. The number of halogens is 3. The third-order valence-electron chi connectivity index (χ3n) is 2.70. The number of fused-ring (bicyclic) bond motifs is 1.